The van der Waals surface area contributed by atoms with Crippen LogP contribution in [0.15, 0.2) is 36.4 Å². The maximum atomic E-state index is 13.4. The summed E-state index contributed by atoms with van der Waals surface area (Å²) in [5.74, 6) is -1.99. The molecule has 1 unspecified atom stereocenters. The first-order chi connectivity index (χ1) is 10.0. The first-order valence-electron chi connectivity index (χ1n) is 6.59. The Kier molecular flexibility index (Phi) is 3.55. The summed E-state index contributed by atoms with van der Waals surface area (Å²) in [6.07, 6.45) is 1.65. The molecule has 0 saturated carbocycles. The molecular formula is C16H13ClFNO2. The third-order valence-electron chi connectivity index (χ3n) is 3.67. The van der Waals surface area contributed by atoms with Gasteiger partial charge in [0.15, 0.2) is 0 Å². The van der Waals surface area contributed by atoms with Crippen LogP contribution in [0.25, 0.3) is 0 Å². The highest BCUT2D eigenvalue weighted by atomic mass is 35.5. The Labute approximate surface area is 126 Å². The number of hydrogen-bond donors (Lipinski definition) is 2. The summed E-state index contributed by atoms with van der Waals surface area (Å²) in [5.41, 5.74) is 2.72. The Morgan fingerprint density at radius 2 is 1.95 bits per heavy atom. The molecule has 2 N–H and O–H groups in total. The third kappa shape index (κ3) is 2.85. The molecule has 5 heteroatoms. The zero-order valence-corrected chi connectivity index (χ0v) is 11.8. The fourth-order valence-corrected chi connectivity index (χ4v) is 2.90. The highest BCUT2D eigenvalue weighted by molar-refractivity contribution is 6.30. The molecule has 2 aromatic carbocycles. The number of benzene rings is 2. The minimum Gasteiger partial charge on any atom is -0.478 e. The van der Waals surface area contributed by atoms with E-state index in [0.717, 1.165) is 12.8 Å². The lowest BCUT2D eigenvalue weighted by Crippen LogP contribution is -2.19. The van der Waals surface area contributed by atoms with Crippen LogP contribution in [0.5, 0.6) is 0 Å². The highest BCUT2D eigenvalue weighted by Gasteiger charge is 2.22. The van der Waals surface area contributed by atoms with E-state index in [1.807, 2.05) is 18.2 Å². The number of halogens is 2. The van der Waals surface area contributed by atoms with Gasteiger partial charge in [0.2, 0.25) is 0 Å². The lowest BCUT2D eigenvalue weighted by molar-refractivity contribution is 0.0692. The smallest absolute Gasteiger partial charge is 0.338 e. The standard InChI is InChI=1S/C16H13ClFNO2/c17-11-2-1-9-6-13(7-10(9)5-11)19-12-3-4-15(18)14(8-12)16(20)21/h1-5,8,13,19H,6-7H2,(H,20,21). The van der Waals surface area contributed by atoms with Crippen molar-refractivity contribution >= 4 is 23.3 Å². The first-order valence-corrected chi connectivity index (χ1v) is 6.97. The first kappa shape index (κ1) is 13.9. The zero-order chi connectivity index (χ0) is 15.0. The monoisotopic (exact) mass is 305 g/mol. The summed E-state index contributed by atoms with van der Waals surface area (Å²) >= 11 is 5.98. The lowest BCUT2D eigenvalue weighted by Gasteiger charge is -2.14. The fourth-order valence-electron chi connectivity index (χ4n) is 2.70. The number of hydrogen-bond acceptors (Lipinski definition) is 2. The Morgan fingerprint density at radius 3 is 2.71 bits per heavy atom. The van der Waals surface area contributed by atoms with Gasteiger partial charge in [0.1, 0.15) is 5.82 Å². The molecule has 0 aromatic heterocycles. The molecular weight excluding hydrogens is 293 g/mol. The number of nitrogens with one attached hydrogen (secondary N) is 1. The lowest BCUT2D eigenvalue weighted by atomic mass is 10.1. The second-order valence-electron chi connectivity index (χ2n) is 5.16. The number of carbonyl (C=O) groups is 1. The van der Waals surface area contributed by atoms with Crippen LogP contribution in [0.4, 0.5) is 10.1 Å². The maximum Gasteiger partial charge on any atom is 0.338 e. The van der Waals surface area contributed by atoms with Crippen molar-refractivity contribution in [3.63, 3.8) is 0 Å². The van der Waals surface area contributed by atoms with E-state index in [1.165, 1.54) is 23.3 Å². The number of anilines is 1. The van der Waals surface area contributed by atoms with E-state index in [9.17, 15) is 9.18 Å². The molecule has 0 radical (unpaired) electrons. The van der Waals surface area contributed by atoms with E-state index in [1.54, 1.807) is 6.07 Å². The van der Waals surface area contributed by atoms with Gasteiger partial charge in [-0.1, -0.05) is 17.7 Å². The topological polar surface area (TPSA) is 49.3 Å². The molecule has 0 amide bonds. The maximum absolute atomic E-state index is 13.4. The van der Waals surface area contributed by atoms with Crippen molar-refractivity contribution in [3.05, 3.63) is 63.9 Å². The third-order valence-corrected chi connectivity index (χ3v) is 3.90. The predicted octanol–water partition coefficient (Wildman–Crippen LogP) is 3.76. The van der Waals surface area contributed by atoms with E-state index in [2.05, 4.69) is 5.32 Å². The van der Waals surface area contributed by atoms with Crippen molar-refractivity contribution in [2.75, 3.05) is 5.32 Å². The van der Waals surface area contributed by atoms with E-state index in [0.29, 0.717) is 10.7 Å². The fraction of sp³-hybridized carbons (Fsp3) is 0.188. The second-order valence-corrected chi connectivity index (χ2v) is 5.60. The van der Waals surface area contributed by atoms with Gasteiger partial charge in [-0.3, -0.25) is 0 Å². The number of fused-ring (bicyclic) bond motifs is 1. The van der Waals surface area contributed by atoms with Gasteiger partial charge in [0.05, 0.1) is 5.56 Å². The molecule has 2 aromatic rings. The quantitative estimate of drug-likeness (QED) is 0.908. The molecule has 1 aliphatic rings. The van der Waals surface area contributed by atoms with Gasteiger partial charge in [0, 0.05) is 16.8 Å². The second kappa shape index (κ2) is 5.37. The van der Waals surface area contributed by atoms with Crippen molar-refractivity contribution in [2.24, 2.45) is 0 Å². The largest absolute Gasteiger partial charge is 0.478 e. The minimum atomic E-state index is -1.27. The van der Waals surface area contributed by atoms with Gasteiger partial charge in [0.25, 0.3) is 0 Å². The van der Waals surface area contributed by atoms with Crippen LogP contribution >= 0.6 is 11.6 Å². The molecule has 0 saturated heterocycles. The Hall–Kier alpha value is -2.07. The van der Waals surface area contributed by atoms with Crippen LogP contribution in [0.1, 0.15) is 21.5 Å². The number of aromatic carboxylic acids is 1. The average molecular weight is 306 g/mol. The summed E-state index contributed by atoms with van der Waals surface area (Å²) < 4.78 is 13.4. The van der Waals surface area contributed by atoms with E-state index in [-0.39, 0.29) is 11.6 Å². The molecule has 1 aliphatic carbocycles. The highest BCUT2D eigenvalue weighted by Crippen LogP contribution is 2.27. The Morgan fingerprint density at radius 1 is 1.19 bits per heavy atom. The SMILES string of the molecule is O=C(O)c1cc(NC2Cc3ccc(Cl)cc3C2)ccc1F. The van der Waals surface area contributed by atoms with Crippen molar-refractivity contribution in [1.82, 2.24) is 0 Å². The van der Waals surface area contributed by atoms with Crippen molar-refractivity contribution in [3.8, 4) is 0 Å². The summed E-state index contributed by atoms with van der Waals surface area (Å²) in [6, 6.07) is 10.0. The van der Waals surface area contributed by atoms with Gasteiger partial charge in [-0.15, -0.1) is 0 Å². The van der Waals surface area contributed by atoms with E-state index < -0.39 is 11.8 Å². The summed E-state index contributed by atoms with van der Waals surface area (Å²) in [6.45, 7) is 0. The van der Waals surface area contributed by atoms with Gasteiger partial charge in [-0.2, -0.15) is 0 Å². The minimum absolute atomic E-state index is 0.158. The van der Waals surface area contributed by atoms with Gasteiger partial charge in [-0.05, 0) is 54.3 Å². The molecule has 0 aliphatic heterocycles. The van der Waals surface area contributed by atoms with Crippen LogP contribution in [-0.4, -0.2) is 17.1 Å². The van der Waals surface area contributed by atoms with Gasteiger partial charge >= 0.3 is 5.97 Å². The molecule has 0 fully saturated rings. The van der Waals surface area contributed by atoms with Crippen LogP contribution in [0, 0.1) is 5.82 Å². The molecule has 1 atom stereocenters. The molecule has 21 heavy (non-hydrogen) atoms. The van der Waals surface area contributed by atoms with E-state index in [4.69, 9.17) is 16.7 Å². The zero-order valence-electron chi connectivity index (χ0n) is 11.1. The Bertz CT molecular complexity index is 717. The molecule has 0 spiro atoms. The van der Waals surface area contributed by atoms with Crippen molar-refractivity contribution < 1.29 is 14.3 Å². The summed E-state index contributed by atoms with van der Waals surface area (Å²) in [5, 5.41) is 12.9. The van der Waals surface area contributed by atoms with Crippen molar-refractivity contribution in [1.29, 1.82) is 0 Å². The average Bonchev–Trinajstić information content (AvgIpc) is 2.82. The van der Waals surface area contributed by atoms with Gasteiger partial charge < -0.3 is 10.4 Å². The summed E-state index contributed by atoms with van der Waals surface area (Å²) in [7, 11) is 0. The van der Waals surface area contributed by atoms with E-state index >= 15 is 0 Å². The van der Waals surface area contributed by atoms with Crippen LogP contribution in [0.3, 0.4) is 0 Å². The van der Waals surface area contributed by atoms with Crippen LogP contribution in [0.2, 0.25) is 5.02 Å². The predicted molar refractivity (Wildman–Crippen MR) is 79.6 cm³/mol. The van der Waals surface area contributed by atoms with Crippen LogP contribution < -0.4 is 5.32 Å². The number of carboxylic acids is 1. The van der Waals surface area contributed by atoms with Crippen LogP contribution in [-0.2, 0) is 12.8 Å². The molecule has 0 heterocycles. The Balaban J connectivity index is 1.77. The molecule has 3 nitrogen and oxygen atoms in total. The molecule has 108 valence electrons. The van der Waals surface area contributed by atoms with Crippen molar-refractivity contribution in [2.45, 2.75) is 18.9 Å². The number of rotatable bonds is 3. The number of carboxylic acid groups (broad SMARTS) is 1. The normalized spacial score (nSPS) is 16.6. The molecule has 3 rings (SSSR count). The summed E-state index contributed by atoms with van der Waals surface area (Å²) in [4.78, 5) is 10.9. The van der Waals surface area contributed by atoms with Gasteiger partial charge in [-0.25, -0.2) is 9.18 Å². The molecule has 0 bridgehead atoms.